The van der Waals surface area contributed by atoms with Crippen molar-refractivity contribution in [3.63, 3.8) is 0 Å². The van der Waals surface area contributed by atoms with Crippen molar-refractivity contribution in [1.29, 1.82) is 0 Å². The van der Waals surface area contributed by atoms with Crippen LogP contribution >= 0.6 is 0 Å². The number of aliphatic hydroxyl groups is 1. The molecule has 2 amide bonds. The Labute approximate surface area is 115 Å². The molecule has 0 bridgehead atoms. The van der Waals surface area contributed by atoms with Crippen molar-refractivity contribution in [3.8, 4) is 0 Å². The fourth-order valence-electron chi connectivity index (χ4n) is 2.12. The number of carbonyl (C=O) groups excluding carboxylic acids is 2. The average molecular weight is 271 g/mol. The molecule has 6 heteroatoms. The van der Waals surface area contributed by atoms with Gasteiger partial charge in [0.2, 0.25) is 11.8 Å². The number of carbonyl (C=O) groups is 2. The first-order chi connectivity index (χ1) is 8.69. The molecule has 19 heavy (non-hydrogen) atoms. The van der Waals surface area contributed by atoms with Crippen molar-refractivity contribution in [2.45, 2.75) is 26.4 Å². The van der Waals surface area contributed by atoms with Gasteiger partial charge in [0.1, 0.15) is 0 Å². The van der Waals surface area contributed by atoms with Crippen LogP contribution in [0.15, 0.2) is 0 Å². The highest BCUT2D eigenvalue weighted by Gasteiger charge is 2.25. The third kappa shape index (κ3) is 5.57. The van der Waals surface area contributed by atoms with Gasteiger partial charge in [0, 0.05) is 46.7 Å². The summed E-state index contributed by atoms with van der Waals surface area (Å²) in [6, 6.07) is 0. The first-order valence-corrected chi connectivity index (χ1v) is 6.63. The van der Waals surface area contributed by atoms with Gasteiger partial charge in [-0.25, -0.2) is 0 Å². The second kappa shape index (κ2) is 6.34. The maximum atomic E-state index is 12.0. The van der Waals surface area contributed by atoms with Crippen LogP contribution in [0.4, 0.5) is 0 Å². The minimum Gasteiger partial charge on any atom is -0.389 e. The van der Waals surface area contributed by atoms with Crippen molar-refractivity contribution in [1.82, 2.24) is 14.7 Å². The molecule has 0 saturated carbocycles. The van der Waals surface area contributed by atoms with Gasteiger partial charge >= 0.3 is 0 Å². The second-order valence-corrected chi connectivity index (χ2v) is 5.84. The van der Waals surface area contributed by atoms with Crippen LogP contribution in [0.25, 0.3) is 0 Å². The first-order valence-electron chi connectivity index (χ1n) is 6.63. The van der Waals surface area contributed by atoms with E-state index < -0.39 is 5.60 Å². The molecule has 0 aliphatic carbocycles. The van der Waals surface area contributed by atoms with E-state index in [1.165, 1.54) is 11.8 Å². The highest BCUT2D eigenvalue weighted by atomic mass is 16.3. The Morgan fingerprint density at radius 2 is 1.74 bits per heavy atom. The van der Waals surface area contributed by atoms with Gasteiger partial charge in [-0.1, -0.05) is 0 Å². The van der Waals surface area contributed by atoms with Crippen molar-refractivity contribution in [2.24, 2.45) is 0 Å². The van der Waals surface area contributed by atoms with Crippen molar-refractivity contribution < 1.29 is 14.7 Å². The molecule has 0 radical (unpaired) electrons. The number of hydrogen-bond donors (Lipinski definition) is 1. The third-order valence-electron chi connectivity index (χ3n) is 3.25. The Morgan fingerprint density at radius 1 is 1.21 bits per heavy atom. The van der Waals surface area contributed by atoms with E-state index in [1.807, 2.05) is 0 Å². The zero-order valence-corrected chi connectivity index (χ0v) is 12.3. The minimum atomic E-state index is -0.707. The molecule has 0 atom stereocenters. The smallest absolute Gasteiger partial charge is 0.242 e. The van der Waals surface area contributed by atoms with Gasteiger partial charge in [-0.15, -0.1) is 0 Å². The molecule has 1 fully saturated rings. The molecule has 110 valence electrons. The van der Waals surface area contributed by atoms with Crippen LogP contribution in [-0.4, -0.2) is 83.5 Å². The summed E-state index contributed by atoms with van der Waals surface area (Å²) in [7, 11) is 1.63. The molecule has 0 spiro atoms. The molecular formula is C13H25N3O3. The Morgan fingerprint density at radius 3 is 2.16 bits per heavy atom. The lowest BCUT2D eigenvalue weighted by atomic mass is 10.1. The molecule has 0 aromatic carbocycles. The van der Waals surface area contributed by atoms with Crippen LogP contribution in [0.2, 0.25) is 0 Å². The predicted molar refractivity (Wildman–Crippen MR) is 72.6 cm³/mol. The maximum absolute atomic E-state index is 12.0. The van der Waals surface area contributed by atoms with Gasteiger partial charge < -0.3 is 14.9 Å². The molecule has 0 unspecified atom stereocenters. The SMILES string of the molecule is CC(=O)N(C)CC(=O)N1CCN(CC(C)(C)O)CC1. The van der Waals surface area contributed by atoms with Gasteiger partial charge in [-0.2, -0.15) is 0 Å². The number of piperazine rings is 1. The summed E-state index contributed by atoms with van der Waals surface area (Å²) in [4.78, 5) is 28.4. The Hall–Kier alpha value is -1.14. The average Bonchev–Trinajstić information content (AvgIpc) is 2.27. The van der Waals surface area contributed by atoms with E-state index in [9.17, 15) is 14.7 Å². The topological polar surface area (TPSA) is 64.1 Å². The molecule has 0 aromatic rings. The monoisotopic (exact) mass is 271 g/mol. The second-order valence-electron chi connectivity index (χ2n) is 5.84. The standard InChI is InChI=1S/C13H25N3O3/c1-11(17)14(4)9-12(18)16-7-5-15(6-8-16)10-13(2,3)19/h19H,5-10H2,1-4H3. The summed E-state index contributed by atoms with van der Waals surface area (Å²) in [6.07, 6.45) is 0. The van der Waals surface area contributed by atoms with Crippen molar-refractivity contribution in [3.05, 3.63) is 0 Å². The van der Waals surface area contributed by atoms with Gasteiger partial charge in [0.15, 0.2) is 0 Å². The summed E-state index contributed by atoms with van der Waals surface area (Å²) in [5.41, 5.74) is -0.707. The molecule has 1 rings (SSSR count). The Bertz CT molecular complexity index is 331. The number of amides is 2. The summed E-state index contributed by atoms with van der Waals surface area (Å²) < 4.78 is 0. The van der Waals surface area contributed by atoms with Crippen LogP contribution < -0.4 is 0 Å². The van der Waals surface area contributed by atoms with Crippen LogP contribution in [-0.2, 0) is 9.59 Å². The minimum absolute atomic E-state index is 0.0133. The molecule has 1 saturated heterocycles. The van der Waals surface area contributed by atoms with Gasteiger partial charge in [0.25, 0.3) is 0 Å². The van der Waals surface area contributed by atoms with Crippen LogP contribution in [0.5, 0.6) is 0 Å². The molecule has 0 aromatic heterocycles. The van der Waals surface area contributed by atoms with E-state index in [4.69, 9.17) is 0 Å². The molecular weight excluding hydrogens is 246 g/mol. The Balaban J connectivity index is 2.37. The van der Waals surface area contributed by atoms with Crippen LogP contribution in [0, 0.1) is 0 Å². The lowest BCUT2D eigenvalue weighted by Gasteiger charge is -2.37. The molecule has 6 nitrogen and oxygen atoms in total. The fourth-order valence-corrected chi connectivity index (χ4v) is 2.12. The van der Waals surface area contributed by atoms with E-state index >= 15 is 0 Å². The largest absolute Gasteiger partial charge is 0.389 e. The number of likely N-dealkylation sites (N-methyl/N-ethyl adjacent to an activating group) is 1. The lowest BCUT2D eigenvalue weighted by molar-refractivity contribution is -0.139. The predicted octanol–water partition coefficient (Wildman–Crippen LogP) is -0.620. The summed E-state index contributed by atoms with van der Waals surface area (Å²) >= 11 is 0. The number of β-amino-alcohol motifs (C(OH)–C–C–N with tert-alkyl or cyclic N) is 1. The van der Waals surface area contributed by atoms with E-state index in [0.717, 1.165) is 13.1 Å². The molecule has 1 N–H and O–H groups in total. The van der Waals surface area contributed by atoms with Crippen molar-refractivity contribution in [2.75, 3.05) is 46.3 Å². The summed E-state index contributed by atoms with van der Waals surface area (Å²) in [5, 5.41) is 9.76. The highest BCUT2D eigenvalue weighted by Crippen LogP contribution is 2.09. The van der Waals surface area contributed by atoms with Gasteiger partial charge in [0.05, 0.1) is 12.1 Å². The molecule has 1 aliphatic heterocycles. The zero-order valence-electron chi connectivity index (χ0n) is 12.3. The van der Waals surface area contributed by atoms with Crippen molar-refractivity contribution >= 4 is 11.8 Å². The van der Waals surface area contributed by atoms with E-state index in [1.54, 1.807) is 25.8 Å². The maximum Gasteiger partial charge on any atom is 0.242 e. The first kappa shape index (κ1) is 15.9. The highest BCUT2D eigenvalue weighted by molar-refractivity contribution is 5.83. The normalized spacial score (nSPS) is 17.4. The van der Waals surface area contributed by atoms with Crippen LogP contribution in [0.1, 0.15) is 20.8 Å². The molecule has 1 heterocycles. The van der Waals surface area contributed by atoms with Gasteiger partial charge in [-0.05, 0) is 13.8 Å². The summed E-state index contributed by atoms with van der Waals surface area (Å²) in [5.74, 6) is -0.116. The van der Waals surface area contributed by atoms with Crippen LogP contribution in [0.3, 0.4) is 0 Å². The Kier molecular flexibility index (Phi) is 5.31. The van der Waals surface area contributed by atoms with Gasteiger partial charge in [-0.3, -0.25) is 14.5 Å². The number of hydrogen-bond acceptors (Lipinski definition) is 4. The fraction of sp³-hybridized carbons (Fsp3) is 0.846. The summed E-state index contributed by atoms with van der Waals surface area (Å²) in [6.45, 7) is 8.61. The lowest BCUT2D eigenvalue weighted by Crippen LogP contribution is -2.53. The quantitative estimate of drug-likeness (QED) is 0.740. The number of rotatable bonds is 4. The zero-order chi connectivity index (χ0) is 14.6. The van der Waals surface area contributed by atoms with E-state index in [2.05, 4.69) is 4.90 Å². The van der Waals surface area contributed by atoms with E-state index in [-0.39, 0.29) is 18.4 Å². The molecule has 1 aliphatic rings. The van der Waals surface area contributed by atoms with E-state index in [0.29, 0.717) is 19.6 Å². The number of nitrogens with zero attached hydrogens (tertiary/aromatic N) is 3. The third-order valence-corrected chi connectivity index (χ3v) is 3.25.